The van der Waals surface area contributed by atoms with Crippen molar-refractivity contribution in [2.45, 2.75) is 19.8 Å². The van der Waals surface area contributed by atoms with E-state index in [4.69, 9.17) is 0 Å². The summed E-state index contributed by atoms with van der Waals surface area (Å²) in [5.41, 5.74) is 1.74. The van der Waals surface area contributed by atoms with Gasteiger partial charge in [-0.25, -0.2) is 4.39 Å². The highest BCUT2D eigenvalue weighted by molar-refractivity contribution is 5.94. The van der Waals surface area contributed by atoms with E-state index >= 15 is 0 Å². The maximum absolute atomic E-state index is 12.9. The van der Waals surface area contributed by atoms with Gasteiger partial charge in [-0.15, -0.1) is 0 Å². The van der Waals surface area contributed by atoms with Crippen LogP contribution in [0, 0.1) is 5.82 Å². The molecule has 0 aliphatic carbocycles. The minimum atomic E-state index is -0.221. The van der Waals surface area contributed by atoms with E-state index in [1.807, 2.05) is 25.1 Å². The number of guanidine groups is 1. The van der Waals surface area contributed by atoms with E-state index in [0.717, 1.165) is 30.9 Å². The molecule has 6 heteroatoms. The second kappa shape index (κ2) is 11.7. The van der Waals surface area contributed by atoms with Crippen molar-refractivity contribution in [2.24, 2.45) is 4.99 Å². The predicted molar refractivity (Wildman–Crippen MR) is 107 cm³/mol. The van der Waals surface area contributed by atoms with E-state index in [2.05, 4.69) is 20.9 Å². The summed E-state index contributed by atoms with van der Waals surface area (Å²) in [6.07, 6.45) is 1.55. The number of hydrogen-bond donors (Lipinski definition) is 3. The molecule has 0 heterocycles. The standard InChI is InChI=1S/C21H27FN4O/c1-2-23-21(26-16-13-17-9-11-19(22)12-10-17)25-15-6-14-24-20(27)18-7-4-3-5-8-18/h3-5,7-12H,2,6,13-16H2,1H3,(H,24,27)(H2,23,25,26). The Morgan fingerprint density at radius 2 is 1.70 bits per heavy atom. The number of hydrogen-bond acceptors (Lipinski definition) is 2. The Hall–Kier alpha value is -2.89. The molecular weight excluding hydrogens is 343 g/mol. The number of benzene rings is 2. The van der Waals surface area contributed by atoms with Gasteiger partial charge in [-0.3, -0.25) is 9.79 Å². The molecule has 0 saturated heterocycles. The third-order valence-corrected chi connectivity index (χ3v) is 3.89. The van der Waals surface area contributed by atoms with E-state index in [9.17, 15) is 9.18 Å². The molecule has 3 N–H and O–H groups in total. The van der Waals surface area contributed by atoms with Crippen LogP contribution in [0.4, 0.5) is 4.39 Å². The smallest absolute Gasteiger partial charge is 0.251 e. The zero-order valence-electron chi connectivity index (χ0n) is 15.7. The van der Waals surface area contributed by atoms with Gasteiger partial charge in [-0.2, -0.15) is 0 Å². The number of nitrogens with zero attached hydrogens (tertiary/aromatic N) is 1. The summed E-state index contributed by atoms with van der Waals surface area (Å²) in [6, 6.07) is 15.7. The first-order valence-electron chi connectivity index (χ1n) is 9.29. The van der Waals surface area contributed by atoms with Crippen LogP contribution in [0.25, 0.3) is 0 Å². The Labute approximate surface area is 160 Å². The van der Waals surface area contributed by atoms with Gasteiger partial charge in [0.1, 0.15) is 5.82 Å². The quantitative estimate of drug-likeness (QED) is 0.361. The van der Waals surface area contributed by atoms with Crippen LogP contribution < -0.4 is 16.0 Å². The summed E-state index contributed by atoms with van der Waals surface area (Å²) >= 11 is 0. The predicted octanol–water partition coefficient (Wildman–Crippen LogP) is 2.74. The summed E-state index contributed by atoms with van der Waals surface area (Å²) in [7, 11) is 0. The van der Waals surface area contributed by atoms with Gasteiger partial charge in [-0.1, -0.05) is 30.3 Å². The van der Waals surface area contributed by atoms with Gasteiger partial charge >= 0.3 is 0 Å². The van der Waals surface area contributed by atoms with Crippen molar-refractivity contribution < 1.29 is 9.18 Å². The molecule has 0 unspecified atom stereocenters. The molecule has 0 aromatic heterocycles. The van der Waals surface area contributed by atoms with Crippen LogP contribution in [0.2, 0.25) is 0 Å². The first-order valence-corrected chi connectivity index (χ1v) is 9.29. The van der Waals surface area contributed by atoms with Gasteiger partial charge in [0.25, 0.3) is 5.91 Å². The lowest BCUT2D eigenvalue weighted by atomic mass is 10.1. The second-order valence-electron chi connectivity index (χ2n) is 6.04. The van der Waals surface area contributed by atoms with Crippen molar-refractivity contribution in [1.29, 1.82) is 0 Å². The molecule has 0 atom stereocenters. The molecule has 144 valence electrons. The monoisotopic (exact) mass is 370 g/mol. The maximum Gasteiger partial charge on any atom is 0.251 e. The third kappa shape index (κ3) is 7.90. The van der Waals surface area contributed by atoms with Crippen molar-refractivity contribution in [3.63, 3.8) is 0 Å². The van der Waals surface area contributed by atoms with E-state index in [-0.39, 0.29) is 11.7 Å². The van der Waals surface area contributed by atoms with Crippen LogP contribution in [0.5, 0.6) is 0 Å². The molecule has 2 aromatic rings. The normalized spacial score (nSPS) is 11.1. The van der Waals surface area contributed by atoms with Crippen LogP contribution in [-0.4, -0.2) is 38.0 Å². The van der Waals surface area contributed by atoms with Gasteiger partial charge in [0.2, 0.25) is 0 Å². The van der Waals surface area contributed by atoms with Crippen molar-refractivity contribution in [3.05, 3.63) is 71.5 Å². The van der Waals surface area contributed by atoms with Crippen LogP contribution in [0.15, 0.2) is 59.6 Å². The molecule has 2 rings (SSSR count). The zero-order valence-corrected chi connectivity index (χ0v) is 15.7. The van der Waals surface area contributed by atoms with Gasteiger partial charge < -0.3 is 16.0 Å². The number of amides is 1. The largest absolute Gasteiger partial charge is 0.357 e. The van der Waals surface area contributed by atoms with Crippen molar-refractivity contribution in [3.8, 4) is 0 Å². The third-order valence-electron chi connectivity index (χ3n) is 3.89. The number of aliphatic imine (C=N–C) groups is 1. The molecule has 2 aromatic carbocycles. The van der Waals surface area contributed by atoms with E-state index in [1.54, 1.807) is 24.3 Å². The van der Waals surface area contributed by atoms with E-state index in [1.165, 1.54) is 12.1 Å². The van der Waals surface area contributed by atoms with Gasteiger partial charge in [0.15, 0.2) is 5.96 Å². The molecule has 1 amide bonds. The average molecular weight is 370 g/mol. The minimum absolute atomic E-state index is 0.0658. The summed E-state index contributed by atoms with van der Waals surface area (Å²) in [5.74, 6) is 0.457. The Bertz CT molecular complexity index is 717. The lowest BCUT2D eigenvalue weighted by Gasteiger charge is -2.11. The fourth-order valence-corrected chi connectivity index (χ4v) is 2.48. The first-order chi connectivity index (χ1) is 13.2. The second-order valence-corrected chi connectivity index (χ2v) is 6.04. The van der Waals surface area contributed by atoms with Crippen LogP contribution in [-0.2, 0) is 6.42 Å². The Balaban J connectivity index is 1.68. The summed E-state index contributed by atoms with van der Waals surface area (Å²) in [6.45, 7) is 4.68. The lowest BCUT2D eigenvalue weighted by molar-refractivity contribution is 0.0953. The van der Waals surface area contributed by atoms with Crippen LogP contribution in [0.3, 0.4) is 0 Å². The molecule has 0 saturated carbocycles. The van der Waals surface area contributed by atoms with Crippen LogP contribution in [0.1, 0.15) is 29.3 Å². The minimum Gasteiger partial charge on any atom is -0.357 e. The molecule has 27 heavy (non-hydrogen) atoms. The highest BCUT2D eigenvalue weighted by atomic mass is 19.1. The number of rotatable bonds is 9. The molecule has 0 aliphatic rings. The topological polar surface area (TPSA) is 65.5 Å². The highest BCUT2D eigenvalue weighted by Crippen LogP contribution is 2.02. The van der Waals surface area contributed by atoms with E-state index < -0.39 is 0 Å². The zero-order chi connectivity index (χ0) is 19.3. The number of carbonyl (C=O) groups is 1. The van der Waals surface area contributed by atoms with E-state index in [0.29, 0.717) is 25.2 Å². The number of halogens is 1. The molecule has 5 nitrogen and oxygen atoms in total. The summed E-state index contributed by atoms with van der Waals surface area (Å²) in [5, 5.41) is 9.36. The van der Waals surface area contributed by atoms with Gasteiger partial charge in [0, 0.05) is 31.7 Å². The fourth-order valence-electron chi connectivity index (χ4n) is 2.48. The number of nitrogens with one attached hydrogen (secondary N) is 3. The molecule has 0 fully saturated rings. The first kappa shape index (κ1) is 20.4. The Morgan fingerprint density at radius 1 is 0.963 bits per heavy atom. The molecular formula is C21H27FN4O. The Kier molecular flexibility index (Phi) is 8.83. The average Bonchev–Trinajstić information content (AvgIpc) is 2.69. The molecule has 0 spiro atoms. The van der Waals surface area contributed by atoms with Gasteiger partial charge in [-0.05, 0) is 49.6 Å². The van der Waals surface area contributed by atoms with Crippen LogP contribution >= 0.6 is 0 Å². The van der Waals surface area contributed by atoms with Crippen molar-refractivity contribution in [2.75, 3.05) is 26.2 Å². The van der Waals surface area contributed by atoms with Crippen molar-refractivity contribution in [1.82, 2.24) is 16.0 Å². The molecule has 0 bridgehead atoms. The maximum atomic E-state index is 12.9. The Morgan fingerprint density at radius 3 is 2.41 bits per heavy atom. The SMILES string of the molecule is CCNC(=NCCCNC(=O)c1ccccc1)NCCc1ccc(F)cc1. The summed E-state index contributed by atoms with van der Waals surface area (Å²) in [4.78, 5) is 16.5. The summed E-state index contributed by atoms with van der Waals surface area (Å²) < 4.78 is 12.9. The fraction of sp³-hybridized carbons (Fsp3) is 0.333. The van der Waals surface area contributed by atoms with Gasteiger partial charge in [0.05, 0.1) is 0 Å². The molecule has 0 aliphatic heterocycles. The van der Waals surface area contributed by atoms with Crippen molar-refractivity contribution >= 4 is 11.9 Å². The lowest BCUT2D eigenvalue weighted by Crippen LogP contribution is -2.38. The molecule has 0 radical (unpaired) electrons. The number of carbonyl (C=O) groups excluding carboxylic acids is 1. The highest BCUT2D eigenvalue weighted by Gasteiger charge is 2.03.